The normalized spacial score (nSPS) is 12.8. The number of hydrogen-bond acceptors (Lipinski definition) is 5. The molecule has 3 aromatic rings. The van der Waals surface area contributed by atoms with Crippen LogP contribution in [0.15, 0.2) is 47.2 Å². The predicted octanol–water partition coefficient (Wildman–Crippen LogP) is 5.62. The average molecular weight is 460 g/mol. The van der Waals surface area contributed by atoms with Crippen molar-refractivity contribution in [2.24, 2.45) is 0 Å². The van der Waals surface area contributed by atoms with Gasteiger partial charge in [-0.25, -0.2) is 4.98 Å². The Morgan fingerprint density at radius 3 is 2.40 bits per heavy atom. The zero-order valence-electron chi connectivity index (χ0n) is 16.1. The molecule has 0 atom stereocenters. The summed E-state index contributed by atoms with van der Waals surface area (Å²) in [7, 11) is -5.54. The quantitative estimate of drug-likeness (QED) is 0.547. The Labute approximate surface area is 176 Å². The fourth-order valence-corrected chi connectivity index (χ4v) is 3.33. The zero-order chi connectivity index (χ0) is 22.3. The molecule has 0 unspecified atom stereocenters. The van der Waals surface area contributed by atoms with Gasteiger partial charge in [0, 0.05) is 28.4 Å². The molecular formula is C19H17ClF3N3O3S. The van der Waals surface area contributed by atoms with Crippen LogP contribution in [0.1, 0.15) is 26.5 Å². The molecule has 1 N–H and O–H groups in total. The number of rotatable bonds is 4. The first-order valence-electron chi connectivity index (χ1n) is 8.59. The van der Waals surface area contributed by atoms with Crippen LogP contribution in [-0.2, 0) is 15.4 Å². The number of hydrogen-bond donors (Lipinski definition) is 1. The summed E-state index contributed by atoms with van der Waals surface area (Å²) in [6.45, 7) is 6.07. The third-order valence-electron chi connectivity index (χ3n) is 4.08. The van der Waals surface area contributed by atoms with E-state index in [1.807, 2.05) is 26.8 Å². The number of nitrogens with zero attached hydrogens (tertiary/aromatic N) is 2. The topological polar surface area (TPSA) is 85.1 Å². The summed E-state index contributed by atoms with van der Waals surface area (Å²) in [5, 5.41) is 0.00216. The largest absolute Gasteiger partial charge is 0.516 e. The molecule has 2 aromatic heterocycles. The summed E-state index contributed by atoms with van der Waals surface area (Å²) < 4.78 is 67.0. The summed E-state index contributed by atoms with van der Waals surface area (Å²) in [6, 6.07) is 7.17. The van der Waals surface area contributed by atoms with Crippen molar-refractivity contribution < 1.29 is 26.0 Å². The van der Waals surface area contributed by atoms with Crippen molar-refractivity contribution in [1.82, 2.24) is 9.97 Å². The van der Waals surface area contributed by atoms with Gasteiger partial charge in [0.25, 0.3) is 0 Å². The fraction of sp³-hybridized carbons (Fsp3) is 0.263. The van der Waals surface area contributed by atoms with E-state index in [4.69, 9.17) is 16.0 Å². The minimum absolute atomic E-state index is 0.00216. The number of benzene rings is 1. The molecule has 0 aliphatic rings. The van der Waals surface area contributed by atoms with Crippen LogP contribution in [0, 0.1) is 0 Å². The van der Waals surface area contributed by atoms with E-state index in [1.54, 1.807) is 12.3 Å². The lowest BCUT2D eigenvalue weighted by Gasteiger charge is -2.17. The first-order valence-corrected chi connectivity index (χ1v) is 10.5. The Hall–Kier alpha value is -2.59. The Balaban J connectivity index is 1.89. The van der Waals surface area contributed by atoms with Crippen molar-refractivity contribution in [3.8, 4) is 22.7 Å². The van der Waals surface area contributed by atoms with Gasteiger partial charge in [0.2, 0.25) is 5.89 Å². The molecule has 0 radical (unpaired) electrons. The summed E-state index contributed by atoms with van der Waals surface area (Å²) in [5.74, 6) is 0.316. The Morgan fingerprint density at radius 1 is 1.10 bits per heavy atom. The summed E-state index contributed by atoms with van der Waals surface area (Å²) in [5.41, 5.74) is -3.68. The van der Waals surface area contributed by atoms with Gasteiger partial charge in [-0.1, -0.05) is 32.4 Å². The molecule has 3 rings (SSSR count). The third-order valence-corrected chi connectivity index (χ3v) is 5.51. The minimum atomic E-state index is -5.54. The second-order valence-electron chi connectivity index (χ2n) is 7.46. The van der Waals surface area contributed by atoms with Gasteiger partial charge in [0.15, 0.2) is 0 Å². The number of pyridine rings is 1. The summed E-state index contributed by atoms with van der Waals surface area (Å²) >= 11 is 6.14. The van der Waals surface area contributed by atoms with Crippen LogP contribution < -0.4 is 4.72 Å². The number of anilines is 1. The molecule has 11 heteroatoms. The van der Waals surface area contributed by atoms with E-state index < -0.39 is 15.5 Å². The molecule has 0 bridgehead atoms. The van der Waals surface area contributed by atoms with Gasteiger partial charge in [-0.3, -0.25) is 9.71 Å². The molecule has 0 aliphatic heterocycles. The standard InChI is InChI=1S/C19H17ClF3N3O3S/c1-18(2,3)16-8-11(6-7-24-16)17-25-15(10-29-17)13-5-4-12(9-14(13)20)26-30(27,28)19(21,22)23/h4-10,26H,1-3H3. The third kappa shape index (κ3) is 4.59. The summed E-state index contributed by atoms with van der Waals surface area (Å²) in [4.78, 5) is 8.73. The number of sulfonamides is 1. The number of nitrogens with one attached hydrogen (secondary N) is 1. The predicted molar refractivity (Wildman–Crippen MR) is 107 cm³/mol. The molecule has 1 aromatic carbocycles. The smallest absolute Gasteiger partial charge is 0.444 e. The van der Waals surface area contributed by atoms with Crippen LogP contribution in [0.3, 0.4) is 0 Å². The van der Waals surface area contributed by atoms with E-state index in [-0.39, 0.29) is 16.1 Å². The van der Waals surface area contributed by atoms with Crippen molar-refractivity contribution in [3.05, 3.63) is 53.5 Å². The lowest BCUT2D eigenvalue weighted by atomic mass is 9.91. The van der Waals surface area contributed by atoms with Crippen LogP contribution in [0.4, 0.5) is 18.9 Å². The highest BCUT2D eigenvalue weighted by atomic mass is 35.5. The van der Waals surface area contributed by atoms with Gasteiger partial charge >= 0.3 is 15.5 Å². The molecule has 0 amide bonds. The van der Waals surface area contributed by atoms with E-state index in [0.717, 1.165) is 17.8 Å². The van der Waals surface area contributed by atoms with E-state index in [9.17, 15) is 21.6 Å². The lowest BCUT2D eigenvalue weighted by Crippen LogP contribution is -2.29. The molecule has 30 heavy (non-hydrogen) atoms. The second-order valence-corrected chi connectivity index (χ2v) is 9.54. The Bertz CT molecular complexity index is 1190. The first kappa shape index (κ1) is 22.1. The highest BCUT2D eigenvalue weighted by molar-refractivity contribution is 7.93. The van der Waals surface area contributed by atoms with Gasteiger partial charge in [0.05, 0.1) is 10.7 Å². The van der Waals surface area contributed by atoms with Crippen LogP contribution in [0.25, 0.3) is 22.7 Å². The number of alkyl halides is 3. The minimum Gasteiger partial charge on any atom is -0.444 e. The molecular weight excluding hydrogens is 443 g/mol. The van der Waals surface area contributed by atoms with Crippen LogP contribution in [-0.4, -0.2) is 23.9 Å². The molecule has 2 heterocycles. The molecule has 0 saturated heterocycles. The molecule has 0 aliphatic carbocycles. The van der Waals surface area contributed by atoms with Crippen LogP contribution in [0.5, 0.6) is 0 Å². The number of aromatic nitrogens is 2. The molecule has 0 fully saturated rings. The highest BCUT2D eigenvalue weighted by Gasteiger charge is 2.46. The maximum Gasteiger partial charge on any atom is 0.516 e. The molecule has 0 saturated carbocycles. The second kappa shape index (κ2) is 7.59. The van der Waals surface area contributed by atoms with Gasteiger partial charge < -0.3 is 4.42 Å². The van der Waals surface area contributed by atoms with Crippen molar-refractivity contribution >= 4 is 27.3 Å². The molecule has 0 spiro atoms. The SMILES string of the molecule is CC(C)(C)c1cc(-c2nc(-c3ccc(NS(=O)(=O)C(F)(F)F)cc3Cl)co2)ccn1. The van der Waals surface area contributed by atoms with Crippen molar-refractivity contribution in [1.29, 1.82) is 0 Å². The van der Waals surface area contributed by atoms with E-state index in [0.29, 0.717) is 22.7 Å². The van der Waals surface area contributed by atoms with E-state index in [1.165, 1.54) is 17.1 Å². The van der Waals surface area contributed by atoms with Gasteiger partial charge in [-0.15, -0.1) is 0 Å². The van der Waals surface area contributed by atoms with Crippen molar-refractivity contribution in [2.45, 2.75) is 31.7 Å². The lowest BCUT2D eigenvalue weighted by molar-refractivity contribution is -0.0429. The van der Waals surface area contributed by atoms with Crippen molar-refractivity contribution in [2.75, 3.05) is 4.72 Å². The van der Waals surface area contributed by atoms with E-state index in [2.05, 4.69) is 9.97 Å². The fourth-order valence-electron chi connectivity index (χ4n) is 2.50. The van der Waals surface area contributed by atoms with Crippen LogP contribution in [0.2, 0.25) is 5.02 Å². The van der Waals surface area contributed by atoms with Gasteiger partial charge in [-0.05, 0) is 30.3 Å². The Morgan fingerprint density at radius 2 is 1.80 bits per heavy atom. The first-order chi connectivity index (χ1) is 13.8. The van der Waals surface area contributed by atoms with Crippen LogP contribution >= 0.6 is 11.6 Å². The Kier molecular flexibility index (Phi) is 5.59. The number of halogens is 4. The molecule has 6 nitrogen and oxygen atoms in total. The zero-order valence-corrected chi connectivity index (χ0v) is 17.7. The maximum atomic E-state index is 12.5. The van der Waals surface area contributed by atoms with Gasteiger partial charge in [0.1, 0.15) is 12.0 Å². The average Bonchev–Trinajstić information content (AvgIpc) is 3.10. The number of oxazole rings is 1. The highest BCUT2D eigenvalue weighted by Crippen LogP contribution is 2.34. The monoisotopic (exact) mass is 459 g/mol. The maximum absolute atomic E-state index is 12.5. The van der Waals surface area contributed by atoms with Crippen molar-refractivity contribution in [3.63, 3.8) is 0 Å². The van der Waals surface area contributed by atoms with E-state index >= 15 is 0 Å². The summed E-state index contributed by atoms with van der Waals surface area (Å²) in [6.07, 6.45) is 3.00. The van der Waals surface area contributed by atoms with Gasteiger partial charge in [-0.2, -0.15) is 21.6 Å². The molecule has 160 valence electrons.